The van der Waals surface area contributed by atoms with Crippen molar-refractivity contribution in [3.05, 3.63) is 64.3 Å². The quantitative estimate of drug-likeness (QED) is 0.443. The number of nitrogens with zero attached hydrogens (tertiary/aromatic N) is 1. The summed E-state index contributed by atoms with van der Waals surface area (Å²) in [5.74, 6) is 0.581. The van der Waals surface area contributed by atoms with Gasteiger partial charge < -0.3 is 14.2 Å². The smallest absolute Gasteiger partial charge is 0.338 e. The molecule has 0 saturated carbocycles. The zero-order valence-corrected chi connectivity index (χ0v) is 16.2. The van der Waals surface area contributed by atoms with E-state index in [-0.39, 0.29) is 6.61 Å². The molecule has 0 bridgehead atoms. The lowest BCUT2D eigenvalue weighted by Gasteiger charge is -2.11. The highest BCUT2D eigenvalue weighted by atomic mass is 35.5. The van der Waals surface area contributed by atoms with Crippen molar-refractivity contribution in [2.45, 2.75) is 20.5 Å². The van der Waals surface area contributed by atoms with Crippen LogP contribution in [-0.2, 0) is 11.3 Å². The minimum Gasteiger partial charge on any atom is -0.493 e. The van der Waals surface area contributed by atoms with E-state index in [1.54, 1.807) is 18.2 Å². The molecule has 6 heteroatoms. The summed E-state index contributed by atoms with van der Waals surface area (Å²) in [6.07, 6.45) is 0. The van der Waals surface area contributed by atoms with Crippen LogP contribution in [0, 0.1) is 6.92 Å². The lowest BCUT2D eigenvalue weighted by atomic mass is 10.1. The molecule has 0 fully saturated rings. The molecular weight excluding hydrogens is 366 g/mol. The SMILES string of the molecule is CCOc1ccc(C(=O)OCc2cc3ccc(C)cc3nc2Cl)cc1OC. The number of aromatic nitrogens is 1. The third kappa shape index (κ3) is 4.31. The van der Waals surface area contributed by atoms with E-state index in [9.17, 15) is 4.79 Å². The van der Waals surface area contributed by atoms with Crippen LogP contribution < -0.4 is 9.47 Å². The van der Waals surface area contributed by atoms with E-state index in [2.05, 4.69) is 4.98 Å². The van der Waals surface area contributed by atoms with E-state index in [0.717, 1.165) is 16.5 Å². The largest absolute Gasteiger partial charge is 0.493 e. The van der Waals surface area contributed by atoms with Crippen molar-refractivity contribution in [2.75, 3.05) is 13.7 Å². The Kier molecular flexibility index (Phi) is 5.81. The molecule has 0 aliphatic carbocycles. The van der Waals surface area contributed by atoms with Gasteiger partial charge in [-0.1, -0.05) is 23.7 Å². The molecule has 0 saturated heterocycles. The standard InChI is InChI=1S/C21H20ClNO4/c1-4-26-18-8-7-15(11-19(18)25-3)21(24)27-12-16-10-14-6-5-13(2)9-17(14)23-20(16)22/h5-11H,4,12H2,1-3H3. The monoisotopic (exact) mass is 385 g/mol. The predicted molar refractivity (Wildman–Crippen MR) is 105 cm³/mol. The molecule has 0 atom stereocenters. The van der Waals surface area contributed by atoms with Gasteiger partial charge in [0.15, 0.2) is 11.5 Å². The van der Waals surface area contributed by atoms with Crippen molar-refractivity contribution in [3.8, 4) is 11.5 Å². The maximum absolute atomic E-state index is 12.4. The summed E-state index contributed by atoms with van der Waals surface area (Å²) < 4.78 is 16.1. The number of rotatable bonds is 6. The molecule has 0 unspecified atom stereocenters. The summed E-state index contributed by atoms with van der Waals surface area (Å²) in [5.41, 5.74) is 2.94. The molecule has 140 valence electrons. The van der Waals surface area contributed by atoms with Crippen LogP contribution in [0.3, 0.4) is 0 Å². The second-order valence-corrected chi connectivity index (χ2v) is 6.37. The Balaban J connectivity index is 1.76. The molecule has 3 rings (SSSR count). The lowest BCUT2D eigenvalue weighted by Crippen LogP contribution is -2.07. The number of ether oxygens (including phenoxy) is 3. The van der Waals surface area contributed by atoms with Gasteiger partial charge in [0.2, 0.25) is 0 Å². The molecule has 0 spiro atoms. The Morgan fingerprint density at radius 3 is 2.67 bits per heavy atom. The average molecular weight is 386 g/mol. The average Bonchev–Trinajstić information content (AvgIpc) is 2.66. The summed E-state index contributed by atoms with van der Waals surface area (Å²) in [4.78, 5) is 16.8. The van der Waals surface area contributed by atoms with E-state index in [1.165, 1.54) is 7.11 Å². The maximum atomic E-state index is 12.4. The van der Waals surface area contributed by atoms with Gasteiger partial charge in [-0.05, 0) is 49.7 Å². The molecular formula is C21H20ClNO4. The molecule has 0 aliphatic rings. The highest BCUT2D eigenvalue weighted by Gasteiger charge is 2.14. The first-order valence-corrected chi connectivity index (χ1v) is 8.93. The van der Waals surface area contributed by atoms with Crippen LogP contribution in [0.15, 0.2) is 42.5 Å². The highest BCUT2D eigenvalue weighted by Crippen LogP contribution is 2.29. The summed E-state index contributed by atoms with van der Waals surface area (Å²) in [5, 5.41) is 1.27. The zero-order valence-electron chi connectivity index (χ0n) is 15.4. The van der Waals surface area contributed by atoms with Crippen LogP contribution in [0.4, 0.5) is 0 Å². The molecule has 0 aliphatic heterocycles. The maximum Gasteiger partial charge on any atom is 0.338 e. The van der Waals surface area contributed by atoms with Gasteiger partial charge in [-0.15, -0.1) is 0 Å². The number of carbonyl (C=O) groups is 1. The Bertz CT molecular complexity index is 987. The van der Waals surface area contributed by atoms with E-state index >= 15 is 0 Å². The Morgan fingerprint density at radius 1 is 1.11 bits per heavy atom. The fraction of sp³-hybridized carbons (Fsp3) is 0.238. The number of hydrogen-bond donors (Lipinski definition) is 0. The van der Waals surface area contributed by atoms with Crippen molar-refractivity contribution < 1.29 is 19.0 Å². The molecule has 27 heavy (non-hydrogen) atoms. The van der Waals surface area contributed by atoms with Crippen LogP contribution >= 0.6 is 11.6 Å². The number of fused-ring (bicyclic) bond motifs is 1. The summed E-state index contributed by atoms with van der Waals surface area (Å²) in [7, 11) is 1.52. The van der Waals surface area contributed by atoms with E-state index < -0.39 is 5.97 Å². The number of benzene rings is 2. The number of carbonyl (C=O) groups excluding carboxylic acids is 1. The molecule has 3 aromatic rings. The Hall–Kier alpha value is -2.79. The molecule has 2 aromatic carbocycles. The van der Waals surface area contributed by atoms with Crippen molar-refractivity contribution >= 4 is 28.5 Å². The second-order valence-electron chi connectivity index (χ2n) is 6.01. The van der Waals surface area contributed by atoms with Crippen LogP contribution in [0.2, 0.25) is 5.15 Å². The Morgan fingerprint density at radius 2 is 1.93 bits per heavy atom. The van der Waals surface area contributed by atoms with Crippen molar-refractivity contribution in [2.24, 2.45) is 0 Å². The van der Waals surface area contributed by atoms with Gasteiger partial charge in [0.1, 0.15) is 11.8 Å². The number of esters is 1. The number of aryl methyl sites for hydroxylation is 1. The highest BCUT2D eigenvalue weighted by molar-refractivity contribution is 6.30. The number of hydrogen-bond acceptors (Lipinski definition) is 5. The third-order valence-corrected chi connectivity index (χ3v) is 4.38. The van der Waals surface area contributed by atoms with Gasteiger partial charge in [-0.3, -0.25) is 0 Å². The van der Waals surface area contributed by atoms with Gasteiger partial charge in [-0.25, -0.2) is 9.78 Å². The van der Waals surface area contributed by atoms with Gasteiger partial charge in [-0.2, -0.15) is 0 Å². The molecule has 1 heterocycles. The molecule has 5 nitrogen and oxygen atoms in total. The minimum absolute atomic E-state index is 0.0318. The van der Waals surface area contributed by atoms with Crippen molar-refractivity contribution in [1.29, 1.82) is 0 Å². The van der Waals surface area contributed by atoms with E-state index in [0.29, 0.717) is 34.4 Å². The van der Waals surface area contributed by atoms with Gasteiger partial charge in [0.05, 0.1) is 24.8 Å². The molecule has 0 amide bonds. The van der Waals surface area contributed by atoms with Crippen LogP contribution in [0.25, 0.3) is 10.9 Å². The predicted octanol–water partition coefficient (Wildman–Crippen LogP) is 4.96. The lowest BCUT2D eigenvalue weighted by molar-refractivity contribution is 0.0472. The molecule has 0 N–H and O–H groups in total. The van der Waals surface area contributed by atoms with Gasteiger partial charge in [0, 0.05) is 10.9 Å². The third-order valence-electron chi connectivity index (χ3n) is 4.06. The number of pyridine rings is 1. The van der Waals surface area contributed by atoms with E-state index in [4.69, 9.17) is 25.8 Å². The summed E-state index contributed by atoms with van der Waals surface area (Å²) in [6, 6.07) is 12.7. The summed E-state index contributed by atoms with van der Waals surface area (Å²) in [6.45, 7) is 4.41. The van der Waals surface area contributed by atoms with E-state index in [1.807, 2.05) is 38.1 Å². The van der Waals surface area contributed by atoms with Crippen molar-refractivity contribution in [1.82, 2.24) is 4.98 Å². The van der Waals surface area contributed by atoms with Crippen LogP contribution in [0.5, 0.6) is 11.5 Å². The number of halogens is 1. The first-order chi connectivity index (χ1) is 13.0. The topological polar surface area (TPSA) is 57.7 Å². The fourth-order valence-electron chi connectivity index (χ4n) is 2.69. The second kappa shape index (κ2) is 8.27. The van der Waals surface area contributed by atoms with Gasteiger partial charge >= 0.3 is 5.97 Å². The van der Waals surface area contributed by atoms with Crippen molar-refractivity contribution in [3.63, 3.8) is 0 Å². The number of methoxy groups -OCH3 is 1. The van der Waals surface area contributed by atoms with Crippen LogP contribution in [-0.4, -0.2) is 24.7 Å². The molecule has 1 aromatic heterocycles. The first-order valence-electron chi connectivity index (χ1n) is 8.55. The van der Waals surface area contributed by atoms with Crippen LogP contribution in [0.1, 0.15) is 28.4 Å². The fourth-order valence-corrected chi connectivity index (χ4v) is 2.89. The minimum atomic E-state index is -0.476. The Labute approximate surface area is 162 Å². The normalized spacial score (nSPS) is 10.7. The first kappa shape index (κ1) is 19.0. The zero-order chi connectivity index (χ0) is 19.4. The summed E-state index contributed by atoms with van der Waals surface area (Å²) >= 11 is 6.25. The molecule has 0 radical (unpaired) electrons. The van der Waals surface area contributed by atoms with Gasteiger partial charge in [0.25, 0.3) is 0 Å².